The van der Waals surface area contributed by atoms with Crippen LogP contribution in [0.25, 0.3) is 0 Å². The van der Waals surface area contributed by atoms with Crippen molar-refractivity contribution in [3.63, 3.8) is 0 Å². The maximum absolute atomic E-state index is 12.2. The number of thiophene rings is 1. The number of nitrogens with zero attached hydrogens (tertiary/aromatic N) is 3. The summed E-state index contributed by atoms with van der Waals surface area (Å²) in [6.45, 7) is 1.83. The van der Waals surface area contributed by atoms with Crippen molar-refractivity contribution in [3.8, 4) is 0 Å². The Morgan fingerprint density at radius 2 is 1.73 bits per heavy atom. The van der Waals surface area contributed by atoms with Gasteiger partial charge in [-0.25, -0.2) is 18.4 Å². The van der Waals surface area contributed by atoms with Crippen LogP contribution >= 0.6 is 11.3 Å². The summed E-state index contributed by atoms with van der Waals surface area (Å²) in [7, 11) is 0.293. The fourth-order valence-electron chi connectivity index (χ4n) is 2.24. The van der Waals surface area contributed by atoms with Gasteiger partial charge < -0.3 is 10.2 Å². The van der Waals surface area contributed by atoms with E-state index < -0.39 is 10.0 Å². The van der Waals surface area contributed by atoms with Gasteiger partial charge in [0.2, 0.25) is 0 Å². The molecule has 2 N–H and O–H groups in total. The Bertz CT molecular complexity index is 985. The highest BCUT2D eigenvalue weighted by atomic mass is 32.2. The van der Waals surface area contributed by atoms with Gasteiger partial charge in [-0.1, -0.05) is 6.07 Å². The second-order valence-corrected chi connectivity index (χ2v) is 8.65. The van der Waals surface area contributed by atoms with E-state index in [1.165, 1.54) is 11.3 Å². The summed E-state index contributed by atoms with van der Waals surface area (Å²) in [5, 5.41) is 4.93. The zero-order chi connectivity index (χ0) is 18.7. The molecule has 0 radical (unpaired) electrons. The van der Waals surface area contributed by atoms with Gasteiger partial charge in [-0.05, 0) is 42.6 Å². The molecule has 0 aliphatic rings. The summed E-state index contributed by atoms with van der Waals surface area (Å²) in [6, 6.07) is 12.1. The van der Waals surface area contributed by atoms with Gasteiger partial charge in [0.05, 0.1) is 0 Å². The second kappa shape index (κ2) is 7.30. The fourth-order valence-corrected chi connectivity index (χ4v) is 4.29. The van der Waals surface area contributed by atoms with Crippen molar-refractivity contribution < 1.29 is 8.42 Å². The van der Waals surface area contributed by atoms with E-state index in [1.807, 2.05) is 32.0 Å². The molecule has 7 nitrogen and oxygen atoms in total. The van der Waals surface area contributed by atoms with Crippen LogP contribution < -0.4 is 14.9 Å². The first-order valence-corrected chi connectivity index (χ1v) is 10.2. The zero-order valence-electron chi connectivity index (χ0n) is 14.6. The minimum atomic E-state index is -3.54. The van der Waals surface area contributed by atoms with E-state index >= 15 is 0 Å². The quantitative estimate of drug-likeness (QED) is 0.671. The van der Waals surface area contributed by atoms with E-state index in [9.17, 15) is 8.42 Å². The van der Waals surface area contributed by atoms with Crippen LogP contribution in [0, 0.1) is 6.92 Å². The van der Waals surface area contributed by atoms with Crippen LogP contribution in [0.5, 0.6) is 0 Å². The molecule has 0 spiro atoms. The third-order valence-corrected chi connectivity index (χ3v) is 6.23. The first-order valence-electron chi connectivity index (χ1n) is 7.80. The molecule has 3 rings (SSSR count). The Labute approximate surface area is 156 Å². The Hall–Kier alpha value is -2.65. The van der Waals surface area contributed by atoms with E-state index in [2.05, 4.69) is 20.0 Å². The van der Waals surface area contributed by atoms with Gasteiger partial charge in [-0.3, -0.25) is 4.72 Å². The molecule has 1 aromatic carbocycles. The molecule has 0 fully saturated rings. The lowest BCUT2D eigenvalue weighted by Crippen LogP contribution is -2.12. The normalized spacial score (nSPS) is 11.2. The SMILES string of the molecule is Cc1nc(Nc2ccc(NS(=O)(=O)c3cccs3)cc2)cc(N(C)C)n1. The first kappa shape index (κ1) is 18.2. The molecular weight excluding hydrogens is 370 g/mol. The molecular formula is C17H19N5O2S2. The minimum absolute atomic E-state index is 0.285. The van der Waals surface area contributed by atoms with Gasteiger partial charge in [0.25, 0.3) is 10.0 Å². The van der Waals surface area contributed by atoms with Crippen LogP contribution in [0.3, 0.4) is 0 Å². The molecule has 3 aromatic rings. The lowest BCUT2D eigenvalue weighted by Gasteiger charge is -2.14. The smallest absolute Gasteiger partial charge is 0.271 e. The summed E-state index contributed by atoms with van der Waals surface area (Å²) in [4.78, 5) is 10.6. The van der Waals surface area contributed by atoms with Gasteiger partial charge in [0.1, 0.15) is 21.7 Å². The summed E-state index contributed by atoms with van der Waals surface area (Å²) in [5.74, 6) is 2.15. The molecule has 0 atom stereocenters. The van der Waals surface area contributed by atoms with Crippen molar-refractivity contribution in [2.45, 2.75) is 11.1 Å². The maximum atomic E-state index is 12.2. The maximum Gasteiger partial charge on any atom is 0.271 e. The molecule has 0 saturated heterocycles. The standard InChI is InChI=1S/C17H19N5O2S2/c1-12-18-15(11-16(19-12)22(2)3)20-13-6-8-14(9-7-13)21-26(23,24)17-5-4-10-25-17/h4-11,21H,1-3H3,(H,18,19,20). The van der Waals surface area contributed by atoms with E-state index in [0.29, 0.717) is 17.3 Å². The van der Waals surface area contributed by atoms with Crippen molar-refractivity contribution in [1.82, 2.24) is 9.97 Å². The van der Waals surface area contributed by atoms with Crippen molar-refractivity contribution in [3.05, 3.63) is 53.7 Å². The highest BCUT2D eigenvalue weighted by Crippen LogP contribution is 2.23. The molecule has 26 heavy (non-hydrogen) atoms. The number of aryl methyl sites for hydroxylation is 1. The topological polar surface area (TPSA) is 87.2 Å². The van der Waals surface area contributed by atoms with E-state index in [1.54, 1.807) is 41.8 Å². The van der Waals surface area contributed by atoms with Crippen molar-refractivity contribution >= 4 is 44.4 Å². The predicted molar refractivity (Wildman–Crippen MR) is 106 cm³/mol. The first-order chi connectivity index (χ1) is 12.3. The van der Waals surface area contributed by atoms with Gasteiger partial charge in [0, 0.05) is 31.5 Å². The van der Waals surface area contributed by atoms with Gasteiger partial charge >= 0.3 is 0 Å². The Kier molecular flexibility index (Phi) is 5.10. The van der Waals surface area contributed by atoms with E-state index in [-0.39, 0.29) is 4.21 Å². The molecule has 9 heteroatoms. The summed E-state index contributed by atoms with van der Waals surface area (Å²) < 4.78 is 27.3. The molecule has 0 amide bonds. The molecule has 2 aromatic heterocycles. The number of aromatic nitrogens is 2. The van der Waals surface area contributed by atoms with Crippen LogP contribution in [-0.2, 0) is 10.0 Å². The van der Waals surface area contributed by atoms with Crippen LogP contribution in [0.15, 0.2) is 52.1 Å². The number of hydrogen-bond donors (Lipinski definition) is 2. The fraction of sp³-hybridized carbons (Fsp3) is 0.176. The van der Waals surface area contributed by atoms with Crippen LogP contribution in [0.4, 0.5) is 23.0 Å². The molecule has 0 saturated carbocycles. The molecule has 0 aliphatic heterocycles. The second-order valence-electron chi connectivity index (χ2n) is 5.79. The molecule has 0 aliphatic carbocycles. The summed E-state index contributed by atoms with van der Waals surface area (Å²) in [6.07, 6.45) is 0. The van der Waals surface area contributed by atoms with Gasteiger partial charge in [-0.15, -0.1) is 11.3 Å². The molecule has 0 unspecified atom stereocenters. The number of anilines is 4. The molecule has 0 bridgehead atoms. The number of rotatable bonds is 6. The van der Waals surface area contributed by atoms with Crippen molar-refractivity contribution in [2.75, 3.05) is 29.0 Å². The van der Waals surface area contributed by atoms with Crippen molar-refractivity contribution in [2.24, 2.45) is 0 Å². The highest BCUT2D eigenvalue weighted by Gasteiger charge is 2.14. The Morgan fingerprint density at radius 1 is 1.04 bits per heavy atom. The highest BCUT2D eigenvalue weighted by molar-refractivity contribution is 7.94. The van der Waals surface area contributed by atoms with E-state index in [0.717, 1.165) is 11.5 Å². The van der Waals surface area contributed by atoms with E-state index in [4.69, 9.17) is 0 Å². The number of nitrogens with one attached hydrogen (secondary N) is 2. The largest absolute Gasteiger partial charge is 0.363 e. The van der Waals surface area contributed by atoms with Crippen LogP contribution in [-0.4, -0.2) is 32.5 Å². The summed E-state index contributed by atoms with van der Waals surface area (Å²) >= 11 is 1.18. The zero-order valence-corrected chi connectivity index (χ0v) is 16.2. The van der Waals surface area contributed by atoms with Crippen LogP contribution in [0.1, 0.15) is 5.82 Å². The van der Waals surface area contributed by atoms with Crippen LogP contribution in [0.2, 0.25) is 0 Å². The predicted octanol–water partition coefficient (Wildman–Crippen LogP) is 3.46. The van der Waals surface area contributed by atoms with Gasteiger partial charge in [-0.2, -0.15) is 0 Å². The average molecular weight is 390 g/mol. The van der Waals surface area contributed by atoms with Crippen molar-refractivity contribution in [1.29, 1.82) is 0 Å². The average Bonchev–Trinajstić information content (AvgIpc) is 3.11. The third-order valence-electron chi connectivity index (χ3n) is 3.45. The van der Waals surface area contributed by atoms with Gasteiger partial charge in [0.15, 0.2) is 0 Å². The monoisotopic (exact) mass is 389 g/mol. The number of benzene rings is 1. The molecule has 136 valence electrons. The lowest BCUT2D eigenvalue weighted by molar-refractivity contribution is 0.603. The Morgan fingerprint density at radius 3 is 2.35 bits per heavy atom. The molecule has 2 heterocycles. The Balaban J connectivity index is 1.74. The summed E-state index contributed by atoms with van der Waals surface area (Å²) in [5.41, 5.74) is 1.30. The minimum Gasteiger partial charge on any atom is -0.363 e. The third kappa shape index (κ3) is 4.30. The number of hydrogen-bond acceptors (Lipinski definition) is 7. The lowest BCUT2D eigenvalue weighted by atomic mass is 10.3. The number of sulfonamides is 1.